The molecule has 2 atom stereocenters. The number of nitrogens with one attached hydrogen (secondary N) is 2. The fourth-order valence-electron chi connectivity index (χ4n) is 4.21. The molecule has 0 spiro atoms. The Balaban J connectivity index is 0.00000210. The Morgan fingerprint density at radius 2 is 2.04 bits per heavy atom. The van der Waals surface area contributed by atoms with Crippen LogP contribution < -0.4 is 15.5 Å². The zero-order chi connectivity index (χ0) is 17.9. The van der Waals surface area contributed by atoms with Gasteiger partial charge >= 0.3 is 0 Å². The van der Waals surface area contributed by atoms with Crippen LogP contribution in [0.1, 0.15) is 25.7 Å². The molecule has 2 heterocycles. The van der Waals surface area contributed by atoms with Gasteiger partial charge in [-0.2, -0.15) is 0 Å². The van der Waals surface area contributed by atoms with Crippen molar-refractivity contribution in [2.24, 2.45) is 10.9 Å². The van der Waals surface area contributed by atoms with Crippen molar-refractivity contribution in [2.75, 3.05) is 44.7 Å². The fourth-order valence-corrected chi connectivity index (χ4v) is 4.40. The summed E-state index contributed by atoms with van der Waals surface area (Å²) in [6, 6.07) is 9.44. The summed E-state index contributed by atoms with van der Waals surface area (Å²) in [4.78, 5) is 9.49. The molecule has 2 aliphatic heterocycles. The van der Waals surface area contributed by atoms with E-state index >= 15 is 0 Å². The van der Waals surface area contributed by atoms with Crippen LogP contribution in [-0.2, 0) is 0 Å². The van der Waals surface area contributed by atoms with E-state index in [1.807, 2.05) is 25.2 Å². The SMILES string of the molecule is CN=C(NCC1CCN(C2CC2)C1)NC1CCN(c2cccc(Cl)c2)C1.I. The first-order chi connectivity index (χ1) is 12.7. The molecule has 1 aromatic carbocycles. The third-order valence-corrected chi connectivity index (χ3v) is 6.10. The number of likely N-dealkylation sites (tertiary alicyclic amines) is 1. The Hall–Kier alpha value is -0.730. The molecule has 27 heavy (non-hydrogen) atoms. The van der Waals surface area contributed by atoms with Crippen LogP contribution in [0.15, 0.2) is 29.3 Å². The van der Waals surface area contributed by atoms with Crippen LogP contribution in [0.3, 0.4) is 0 Å². The van der Waals surface area contributed by atoms with E-state index in [4.69, 9.17) is 11.6 Å². The van der Waals surface area contributed by atoms with Crippen LogP contribution in [0.25, 0.3) is 0 Å². The zero-order valence-electron chi connectivity index (χ0n) is 16.0. The summed E-state index contributed by atoms with van der Waals surface area (Å²) in [6.07, 6.45) is 5.25. The van der Waals surface area contributed by atoms with E-state index < -0.39 is 0 Å². The topological polar surface area (TPSA) is 42.9 Å². The van der Waals surface area contributed by atoms with Gasteiger partial charge in [0.05, 0.1) is 0 Å². The molecule has 0 radical (unpaired) electrons. The van der Waals surface area contributed by atoms with Crippen LogP contribution in [-0.4, -0.2) is 62.7 Å². The molecule has 3 aliphatic rings. The second kappa shape index (κ2) is 9.65. The Labute approximate surface area is 184 Å². The number of nitrogens with zero attached hydrogens (tertiary/aromatic N) is 3. The molecule has 1 saturated carbocycles. The number of rotatable bonds is 5. The molecule has 0 aromatic heterocycles. The smallest absolute Gasteiger partial charge is 0.191 e. The fraction of sp³-hybridized carbons (Fsp3) is 0.650. The molecule has 0 amide bonds. The molecule has 150 valence electrons. The van der Waals surface area contributed by atoms with E-state index in [1.165, 1.54) is 38.0 Å². The number of halogens is 2. The van der Waals surface area contributed by atoms with Gasteiger partial charge < -0.3 is 20.4 Å². The zero-order valence-corrected chi connectivity index (χ0v) is 19.1. The van der Waals surface area contributed by atoms with Crippen molar-refractivity contribution in [2.45, 2.75) is 37.8 Å². The molecule has 0 bridgehead atoms. The van der Waals surface area contributed by atoms with Gasteiger partial charge in [-0.25, -0.2) is 0 Å². The number of hydrogen-bond donors (Lipinski definition) is 2. The Morgan fingerprint density at radius 1 is 1.19 bits per heavy atom. The quantitative estimate of drug-likeness (QED) is 0.368. The largest absolute Gasteiger partial charge is 0.369 e. The lowest BCUT2D eigenvalue weighted by Gasteiger charge is -2.21. The van der Waals surface area contributed by atoms with E-state index in [2.05, 4.69) is 31.5 Å². The predicted molar refractivity (Wildman–Crippen MR) is 125 cm³/mol. The van der Waals surface area contributed by atoms with Crippen LogP contribution in [0.5, 0.6) is 0 Å². The minimum absolute atomic E-state index is 0. The van der Waals surface area contributed by atoms with Crippen molar-refractivity contribution in [3.8, 4) is 0 Å². The van der Waals surface area contributed by atoms with Gasteiger partial charge in [-0.15, -0.1) is 24.0 Å². The molecule has 4 rings (SSSR count). The average Bonchev–Trinajstić information content (AvgIpc) is 3.21. The van der Waals surface area contributed by atoms with Crippen LogP contribution in [0, 0.1) is 5.92 Å². The number of anilines is 1. The van der Waals surface area contributed by atoms with Crippen LogP contribution in [0.4, 0.5) is 5.69 Å². The molecule has 3 fully saturated rings. The molecular formula is C20H31ClIN5. The van der Waals surface area contributed by atoms with Gasteiger partial charge in [0.2, 0.25) is 0 Å². The van der Waals surface area contributed by atoms with Gasteiger partial charge in [-0.3, -0.25) is 4.99 Å². The van der Waals surface area contributed by atoms with Gasteiger partial charge in [0.15, 0.2) is 5.96 Å². The van der Waals surface area contributed by atoms with Gasteiger partial charge in [-0.05, 0) is 56.3 Å². The highest BCUT2D eigenvalue weighted by atomic mass is 127. The van der Waals surface area contributed by atoms with Crippen molar-refractivity contribution in [3.05, 3.63) is 29.3 Å². The van der Waals surface area contributed by atoms with E-state index in [0.717, 1.165) is 49.0 Å². The summed E-state index contributed by atoms with van der Waals surface area (Å²) in [7, 11) is 1.87. The van der Waals surface area contributed by atoms with Gasteiger partial charge in [-0.1, -0.05) is 17.7 Å². The monoisotopic (exact) mass is 503 g/mol. The predicted octanol–water partition coefficient (Wildman–Crippen LogP) is 3.19. The minimum atomic E-state index is 0. The summed E-state index contributed by atoms with van der Waals surface area (Å²) < 4.78 is 0. The maximum Gasteiger partial charge on any atom is 0.191 e. The van der Waals surface area contributed by atoms with Crippen molar-refractivity contribution in [1.82, 2.24) is 15.5 Å². The number of hydrogen-bond acceptors (Lipinski definition) is 3. The first kappa shape index (κ1) is 21.0. The second-order valence-electron chi connectivity index (χ2n) is 7.89. The van der Waals surface area contributed by atoms with E-state index in [9.17, 15) is 0 Å². The van der Waals surface area contributed by atoms with Gasteiger partial charge in [0.25, 0.3) is 0 Å². The number of guanidine groups is 1. The highest BCUT2D eigenvalue weighted by Crippen LogP contribution is 2.31. The van der Waals surface area contributed by atoms with E-state index in [1.54, 1.807) is 0 Å². The molecule has 7 heteroatoms. The van der Waals surface area contributed by atoms with E-state index in [-0.39, 0.29) is 24.0 Å². The molecular weight excluding hydrogens is 473 g/mol. The number of aliphatic imine (C=N–C) groups is 1. The first-order valence-electron chi connectivity index (χ1n) is 9.93. The third kappa shape index (κ3) is 5.64. The summed E-state index contributed by atoms with van der Waals surface area (Å²) in [5.41, 5.74) is 1.20. The highest BCUT2D eigenvalue weighted by molar-refractivity contribution is 14.0. The van der Waals surface area contributed by atoms with Crippen molar-refractivity contribution >= 4 is 47.2 Å². The Morgan fingerprint density at radius 3 is 2.78 bits per heavy atom. The molecule has 1 aliphatic carbocycles. The maximum absolute atomic E-state index is 6.13. The highest BCUT2D eigenvalue weighted by Gasteiger charge is 2.34. The lowest BCUT2D eigenvalue weighted by molar-refractivity contribution is 0.314. The molecule has 1 aromatic rings. The van der Waals surface area contributed by atoms with Gasteiger partial charge in [0, 0.05) is 56.0 Å². The van der Waals surface area contributed by atoms with Crippen LogP contribution >= 0.6 is 35.6 Å². The summed E-state index contributed by atoms with van der Waals surface area (Å²) in [5.74, 6) is 1.69. The van der Waals surface area contributed by atoms with Gasteiger partial charge in [0.1, 0.15) is 0 Å². The average molecular weight is 504 g/mol. The second-order valence-corrected chi connectivity index (χ2v) is 8.33. The Kier molecular flexibility index (Phi) is 7.50. The molecule has 2 saturated heterocycles. The molecule has 2 N–H and O–H groups in total. The summed E-state index contributed by atoms with van der Waals surface area (Å²) in [5, 5.41) is 7.95. The normalized spacial score (nSPS) is 26.1. The minimum Gasteiger partial charge on any atom is -0.369 e. The van der Waals surface area contributed by atoms with Crippen molar-refractivity contribution in [1.29, 1.82) is 0 Å². The third-order valence-electron chi connectivity index (χ3n) is 5.86. The van der Waals surface area contributed by atoms with Crippen LogP contribution in [0.2, 0.25) is 5.02 Å². The lowest BCUT2D eigenvalue weighted by Crippen LogP contribution is -2.46. The molecule has 5 nitrogen and oxygen atoms in total. The maximum atomic E-state index is 6.13. The summed E-state index contributed by atoms with van der Waals surface area (Å²) >= 11 is 6.13. The lowest BCUT2D eigenvalue weighted by atomic mass is 10.1. The first-order valence-corrected chi connectivity index (χ1v) is 10.3. The summed E-state index contributed by atoms with van der Waals surface area (Å²) in [6.45, 7) is 5.59. The number of benzene rings is 1. The standard InChI is InChI=1S/C20H30ClN5.HI/c1-22-20(23-12-15-7-9-25(13-15)18-5-6-18)24-17-8-10-26(14-17)19-4-2-3-16(21)11-19;/h2-4,11,15,17-18H,5-10,12-14H2,1H3,(H2,22,23,24);1H. The Bertz CT molecular complexity index is 651. The molecule has 2 unspecified atom stereocenters. The van der Waals surface area contributed by atoms with E-state index in [0.29, 0.717) is 6.04 Å². The van der Waals surface area contributed by atoms with Crippen molar-refractivity contribution < 1.29 is 0 Å². The van der Waals surface area contributed by atoms with Crippen molar-refractivity contribution in [3.63, 3.8) is 0 Å².